The van der Waals surface area contributed by atoms with Gasteiger partial charge >= 0.3 is 0 Å². The Balaban J connectivity index is 1.14. The molecule has 0 unspecified atom stereocenters. The van der Waals surface area contributed by atoms with E-state index in [0.717, 1.165) is 22.5 Å². The minimum atomic E-state index is -0.252. The zero-order valence-electron chi connectivity index (χ0n) is 20.4. The Kier molecular flexibility index (Phi) is 6.90. The minimum Gasteiger partial charge on any atom is -0.398 e. The first-order valence-electron chi connectivity index (χ1n) is 11.6. The largest absolute Gasteiger partial charge is 0.398 e. The van der Waals surface area contributed by atoms with Gasteiger partial charge in [-0.25, -0.2) is 4.68 Å². The van der Waals surface area contributed by atoms with Crippen LogP contribution in [0.3, 0.4) is 0 Å². The molecule has 0 aliphatic carbocycles. The first kappa shape index (κ1) is 24.1. The Hall–Kier alpha value is -4.58. The molecular weight excluding hydrogens is 478 g/mol. The van der Waals surface area contributed by atoms with Crippen molar-refractivity contribution in [2.75, 3.05) is 43.8 Å². The first-order chi connectivity index (χ1) is 18.1. The summed E-state index contributed by atoms with van der Waals surface area (Å²) in [6.07, 6.45) is 1.78. The van der Waals surface area contributed by atoms with Crippen molar-refractivity contribution in [2.24, 2.45) is 10.3 Å². The fourth-order valence-electron chi connectivity index (χ4n) is 4.36. The van der Waals surface area contributed by atoms with Gasteiger partial charge in [0.25, 0.3) is 11.8 Å². The predicted molar refractivity (Wildman–Crippen MR) is 134 cm³/mol. The molecule has 0 radical (unpaired) electrons. The van der Waals surface area contributed by atoms with Crippen LogP contribution in [0.15, 0.2) is 65.0 Å². The van der Waals surface area contributed by atoms with Crippen molar-refractivity contribution < 1.29 is 24.0 Å². The van der Waals surface area contributed by atoms with Crippen LogP contribution in [0.1, 0.15) is 16.8 Å². The van der Waals surface area contributed by atoms with Crippen LogP contribution in [-0.2, 0) is 37.1 Å². The standard InChI is InChI=1S/C25H25N7O5/c1-35-27-22-18-7-3-5-9-20(18)31(24(22)33)12-14-37-13-11-30-15-17(26-29-30)16-32-21-10-6-4-8-19(21)23(25(32)34)28-36-2/h3-10,15H,11-14,16H2,1-2H3/b27-22-,28-23-. The first-order valence-corrected chi connectivity index (χ1v) is 11.6. The monoisotopic (exact) mass is 503 g/mol. The van der Waals surface area contributed by atoms with Crippen LogP contribution in [0.2, 0.25) is 0 Å². The van der Waals surface area contributed by atoms with Crippen molar-refractivity contribution in [1.82, 2.24) is 15.0 Å². The van der Waals surface area contributed by atoms with Gasteiger partial charge in [0.2, 0.25) is 0 Å². The molecule has 0 N–H and O–H groups in total. The molecule has 12 nitrogen and oxygen atoms in total. The average Bonchev–Trinajstić information content (AvgIpc) is 3.55. The van der Waals surface area contributed by atoms with Gasteiger partial charge in [0.15, 0.2) is 11.4 Å². The number of carbonyl (C=O) groups excluding carboxylic acids is 2. The van der Waals surface area contributed by atoms with E-state index in [0.29, 0.717) is 32.0 Å². The molecule has 0 atom stereocenters. The molecule has 2 aromatic carbocycles. The van der Waals surface area contributed by atoms with Gasteiger partial charge in [-0.3, -0.25) is 9.59 Å². The van der Waals surface area contributed by atoms with Crippen LogP contribution in [-0.4, -0.2) is 72.2 Å². The number of anilines is 2. The summed E-state index contributed by atoms with van der Waals surface area (Å²) in [5.41, 5.74) is 4.17. The topological polar surface area (TPSA) is 124 Å². The van der Waals surface area contributed by atoms with Crippen LogP contribution in [0, 0.1) is 0 Å². The number of fused-ring (bicyclic) bond motifs is 2. The third kappa shape index (κ3) is 4.66. The molecule has 0 fully saturated rings. The Morgan fingerprint density at radius 2 is 1.35 bits per heavy atom. The second kappa shape index (κ2) is 10.6. The second-order valence-electron chi connectivity index (χ2n) is 8.21. The molecule has 2 amide bonds. The van der Waals surface area contributed by atoms with Gasteiger partial charge in [-0.05, 0) is 12.1 Å². The molecule has 2 aliphatic rings. The fourth-order valence-corrected chi connectivity index (χ4v) is 4.36. The maximum atomic E-state index is 12.9. The van der Waals surface area contributed by atoms with E-state index >= 15 is 0 Å². The van der Waals surface area contributed by atoms with Gasteiger partial charge < -0.3 is 24.2 Å². The number of aromatic nitrogens is 3. The van der Waals surface area contributed by atoms with Gasteiger partial charge in [0, 0.05) is 17.7 Å². The number of ether oxygens (including phenoxy) is 1. The number of hydrogen-bond acceptors (Lipinski definition) is 9. The van der Waals surface area contributed by atoms with Crippen LogP contribution < -0.4 is 9.80 Å². The molecule has 3 aromatic rings. The number of oxime groups is 2. The van der Waals surface area contributed by atoms with Crippen LogP contribution >= 0.6 is 0 Å². The predicted octanol–water partition coefficient (Wildman–Crippen LogP) is 1.59. The summed E-state index contributed by atoms with van der Waals surface area (Å²) >= 11 is 0. The summed E-state index contributed by atoms with van der Waals surface area (Å²) in [6.45, 7) is 1.81. The number of amides is 2. The van der Waals surface area contributed by atoms with E-state index in [-0.39, 0.29) is 29.8 Å². The van der Waals surface area contributed by atoms with Crippen molar-refractivity contribution in [3.63, 3.8) is 0 Å². The Morgan fingerprint density at radius 1 is 0.784 bits per heavy atom. The number of benzene rings is 2. The molecule has 0 bridgehead atoms. The van der Waals surface area contributed by atoms with Gasteiger partial charge in [0.05, 0.1) is 43.9 Å². The van der Waals surface area contributed by atoms with Crippen LogP contribution in [0.25, 0.3) is 0 Å². The molecule has 190 valence electrons. The lowest BCUT2D eigenvalue weighted by Crippen LogP contribution is -2.33. The van der Waals surface area contributed by atoms with Crippen molar-refractivity contribution in [3.8, 4) is 0 Å². The maximum absolute atomic E-state index is 12.9. The van der Waals surface area contributed by atoms with Gasteiger partial charge in [0.1, 0.15) is 19.9 Å². The normalized spacial score (nSPS) is 16.6. The van der Waals surface area contributed by atoms with Crippen molar-refractivity contribution >= 4 is 34.6 Å². The summed E-state index contributed by atoms with van der Waals surface area (Å²) in [5, 5.41) is 16.1. The van der Waals surface area contributed by atoms with Crippen molar-refractivity contribution in [1.29, 1.82) is 0 Å². The molecule has 0 saturated carbocycles. The van der Waals surface area contributed by atoms with Gasteiger partial charge in [-0.1, -0.05) is 51.9 Å². The molecule has 0 spiro atoms. The zero-order valence-corrected chi connectivity index (χ0v) is 20.4. The average molecular weight is 504 g/mol. The summed E-state index contributed by atoms with van der Waals surface area (Å²) in [5.74, 6) is -0.470. The highest BCUT2D eigenvalue weighted by Gasteiger charge is 2.35. The smallest absolute Gasteiger partial charge is 0.281 e. The third-order valence-corrected chi connectivity index (χ3v) is 5.99. The van der Waals surface area contributed by atoms with E-state index in [1.165, 1.54) is 14.2 Å². The fraction of sp³-hybridized carbons (Fsp3) is 0.280. The lowest BCUT2D eigenvalue weighted by atomic mass is 10.1. The van der Waals surface area contributed by atoms with E-state index < -0.39 is 0 Å². The summed E-state index contributed by atoms with van der Waals surface area (Å²) in [6, 6.07) is 14.8. The highest BCUT2D eigenvalue weighted by Crippen LogP contribution is 2.31. The quantitative estimate of drug-likeness (QED) is 0.304. The SMILES string of the molecule is CO/N=C1\C(=O)N(CCOCCn2cc(CN3C(=O)/C(=N\OC)c4ccccc43)nn2)c2ccccc21. The lowest BCUT2D eigenvalue weighted by Gasteiger charge is -2.16. The molecule has 5 rings (SSSR count). The van der Waals surface area contributed by atoms with E-state index in [4.69, 9.17) is 14.4 Å². The Labute approximate surface area is 212 Å². The molecule has 2 aliphatic heterocycles. The zero-order chi connectivity index (χ0) is 25.8. The molecule has 37 heavy (non-hydrogen) atoms. The summed E-state index contributed by atoms with van der Waals surface area (Å²) in [7, 11) is 2.83. The van der Waals surface area contributed by atoms with E-state index in [1.807, 2.05) is 48.5 Å². The number of nitrogens with zero attached hydrogens (tertiary/aromatic N) is 7. The maximum Gasteiger partial charge on any atom is 0.281 e. The molecule has 12 heteroatoms. The van der Waals surface area contributed by atoms with E-state index in [2.05, 4.69) is 20.6 Å². The highest BCUT2D eigenvalue weighted by atomic mass is 16.6. The number of rotatable bonds is 10. The van der Waals surface area contributed by atoms with Crippen LogP contribution in [0.5, 0.6) is 0 Å². The molecule has 3 heterocycles. The van der Waals surface area contributed by atoms with Crippen molar-refractivity contribution in [3.05, 3.63) is 71.5 Å². The number of hydrogen-bond donors (Lipinski definition) is 0. The van der Waals surface area contributed by atoms with Crippen molar-refractivity contribution in [2.45, 2.75) is 13.1 Å². The minimum absolute atomic E-state index is 0.218. The Bertz CT molecular complexity index is 1380. The van der Waals surface area contributed by atoms with Gasteiger partial charge in [-0.15, -0.1) is 5.10 Å². The number of para-hydroxylation sites is 2. The second-order valence-corrected chi connectivity index (χ2v) is 8.21. The molecule has 0 saturated heterocycles. The molecule has 1 aromatic heterocycles. The van der Waals surface area contributed by atoms with Crippen LogP contribution in [0.4, 0.5) is 11.4 Å². The molecular formula is C25H25N7O5. The van der Waals surface area contributed by atoms with E-state index in [1.54, 1.807) is 20.7 Å². The third-order valence-electron chi connectivity index (χ3n) is 5.99. The summed E-state index contributed by atoms with van der Waals surface area (Å²) in [4.78, 5) is 38.5. The lowest BCUT2D eigenvalue weighted by molar-refractivity contribution is -0.113. The highest BCUT2D eigenvalue weighted by molar-refractivity contribution is 6.54. The number of carbonyl (C=O) groups is 2. The summed E-state index contributed by atoms with van der Waals surface area (Å²) < 4.78 is 7.42. The van der Waals surface area contributed by atoms with Gasteiger partial charge in [-0.2, -0.15) is 0 Å². The Morgan fingerprint density at radius 3 is 2.00 bits per heavy atom. The van der Waals surface area contributed by atoms with E-state index in [9.17, 15) is 9.59 Å².